The molecule has 46 heavy (non-hydrogen) atoms. The number of methoxy groups -OCH3 is 2. The lowest BCUT2D eigenvalue weighted by molar-refractivity contribution is -0.242. The highest BCUT2D eigenvalue weighted by molar-refractivity contribution is 6.14. The molecular formula is C31H32O15. The summed E-state index contributed by atoms with van der Waals surface area (Å²) in [7, 11) is 2.94. The average molecular weight is 645 g/mol. The Morgan fingerprint density at radius 2 is 1.52 bits per heavy atom. The zero-order valence-corrected chi connectivity index (χ0v) is 24.8. The first-order chi connectivity index (χ1) is 22.1. The Kier molecular flexibility index (Phi) is 7.61. The van der Waals surface area contributed by atoms with Crippen LogP contribution in [-0.2, 0) is 25.6 Å². The number of ether oxygens (including phenoxy) is 9. The third kappa shape index (κ3) is 4.70. The number of carbonyl (C=O) groups is 1. The largest absolute Gasteiger partial charge is 0.493 e. The van der Waals surface area contributed by atoms with E-state index in [9.17, 15) is 30.3 Å². The molecule has 0 bridgehead atoms. The number of aliphatic hydroxyl groups is 5. The summed E-state index contributed by atoms with van der Waals surface area (Å²) in [5, 5.41) is 52.9. The topological polar surface area (TPSA) is 201 Å². The standard InChI is InChI=1S/C31H32O15/c1-38-19-6-15-16(7-20(19)39-2)24(17-8-40-27(35)23(17)22(15)14-3-4-18-21(5-14)44-13-43-18)45-29-26(31(37,10-33)12-42-29)46-28-25(34)30(36,9-32)11-41-28/h3-7,25-26,28-29,32-34,36-37H,8-13H2,1-2H3/t25-,26-,28-,29-,30+,31+/m0/s1. The van der Waals surface area contributed by atoms with Crippen LogP contribution in [0.3, 0.4) is 0 Å². The first kappa shape index (κ1) is 30.7. The van der Waals surface area contributed by atoms with E-state index in [0.29, 0.717) is 50.5 Å². The lowest BCUT2D eigenvalue weighted by Gasteiger charge is -2.32. The van der Waals surface area contributed by atoms with Crippen molar-refractivity contribution in [1.82, 2.24) is 0 Å². The van der Waals surface area contributed by atoms with Gasteiger partial charge in [-0.2, -0.15) is 0 Å². The summed E-state index contributed by atoms with van der Waals surface area (Å²) in [5.74, 6) is 1.30. The summed E-state index contributed by atoms with van der Waals surface area (Å²) in [6.07, 6.45) is -6.12. The van der Waals surface area contributed by atoms with Gasteiger partial charge in [-0.05, 0) is 35.2 Å². The predicted molar refractivity (Wildman–Crippen MR) is 153 cm³/mol. The Bertz CT molecular complexity index is 1690. The summed E-state index contributed by atoms with van der Waals surface area (Å²) in [6, 6.07) is 8.64. The van der Waals surface area contributed by atoms with E-state index in [1.165, 1.54) is 14.2 Å². The van der Waals surface area contributed by atoms with E-state index in [-0.39, 0.29) is 24.7 Å². The van der Waals surface area contributed by atoms with E-state index >= 15 is 0 Å². The van der Waals surface area contributed by atoms with E-state index in [0.717, 1.165) is 0 Å². The van der Waals surface area contributed by atoms with Crippen molar-refractivity contribution in [3.8, 4) is 39.9 Å². The SMILES string of the molecule is COc1cc2c(O[C@@H]3OC[C@](O)(CO)[C@H]3O[C@@H]3OC[C@](O)(CO)[C@H]3O)c3c(c(-c4ccc5c(c4)OCO5)c2cc1OC)C(=O)OC3. The molecule has 4 aliphatic heterocycles. The third-order valence-corrected chi connectivity index (χ3v) is 8.72. The number of hydrogen-bond donors (Lipinski definition) is 5. The first-order valence-electron chi connectivity index (χ1n) is 14.4. The molecule has 3 aromatic carbocycles. The molecule has 6 atom stereocenters. The van der Waals surface area contributed by atoms with Gasteiger partial charge in [-0.15, -0.1) is 0 Å². The van der Waals surface area contributed by atoms with Gasteiger partial charge in [-0.3, -0.25) is 0 Å². The van der Waals surface area contributed by atoms with Crippen LogP contribution in [0.1, 0.15) is 15.9 Å². The lowest BCUT2D eigenvalue weighted by Crippen LogP contribution is -2.54. The zero-order valence-electron chi connectivity index (χ0n) is 24.8. The Morgan fingerprint density at radius 1 is 0.848 bits per heavy atom. The quantitative estimate of drug-likeness (QED) is 0.198. The normalized spacial score (nSPS) is 29.7. The first-order valence-corrected chi connectivity index (χ1v) is 14.4. The molecule has 4 aliphatic rings. The lowest BCUT2D eigenvalue weighted by atomic mass is 9.89. The maximum atomic E-state index is 13.4. The molecule has 5 N–H and O–H groups in total. The van der Waals surface area contributed by atoms with Crippen LogP contribution in [0.5, 0.6) is 28.7 Å². The molecule has 0 aromatic heterocycles. The van der Waals surface area contributed by atoms with Gasteiger partial charge in [0, 0.05) is 16.5 Å². The molecule has 0 aliphatic carbocycles. The van der Waals surface area contributed by atoms with Crippen LogP contribution in [0.25, 0.3) is 21.9 Å². The second-order valence-corrected chi connectivity index (χ2v) is 11.5. The van der Waals surface area contributed by atoms with E-state index < -0.39 is 68.4 Å². The Morgan fingerprint density at radius 3 is 2.22 bits per heavy atom. The van der Waals surface area contributed by atoms with Gasteiger partial charge < -0.3 is 68.2 Å². The molecular weight excluding hydrogens is 612 g/mol. The van der Waals surface area contributed by atoms with Crippen LogP contribution >= 0.6 is 0 Å². The molecule has 246 valence electrons. The van der Waals surface area contributed by atoms with Crippen molar-refractivity contribution in [3.05, 3.63) is 41.5 Å². The number of aliphatic hydroxyl groups excluding tert-OH is 3. The van der Waals surface area contributed by atoms with Crippen LogP contribution in [0.15, 0.2) is 30.3 Å². The summed E-state index contributed by atoms with van der Waals surface area (Å²) in [6.45, 7) is -2.63. The molecule has 2 saturated heterocycles. The number of carbonyl (C=O) groups excluding carboxylic acids is 1. The van der Waals surface area contributed by atoms with Gasteiger partial charge in [0.1, 0.15) is 29.7 Å². The highest BCUT2D eigenvalue weighted by Gasteiger charge is 2.56. The second kappa shape index (κ2) is 11.4. The number of fused-ring (bicyclic) bond motifs is 3. The minimum atomic E-state index is -2.02. The maximum Gasteiger partial charge on any atom is 0.339 e. The van der Waals surface area contributed by atoms with Crippen LogP contribution in [0, 0.1) is 0 Å². The monoisotopic (exact) mass is 644 g/mol. The van der Waals surface area contributed by atoms with Gasteiger partial charge in [0.05, 0.1) is 46.2 Å². The van der Waals surface area contributed by atoms with Gasteiger partial charge in [0.15, 0.2) is 35.4 Å². The minimum absolute atomic E-state index is 0.0600. The molecule has 0 saturated carbocycles. The zero-order chi connectivity index (χ0) is 32.4. The molecule has 15 nitrogen and oxygen atoms in total. The van der Waals surface area contributed by atoms with Crippen LogP contribution in [0.2, 0.25) is 0 Å². The van der Waals surface area contributed by atoms with E-state index in [2.05, 4.69) is 0 Å². The Labute approximate surface area is 261 Å². The molecule has 0 amide bonds. The molecule has 7 rings (SSSR count). The minimum Gasteiger partial charge on any atom is -0.493 e. The fourth-order valence-corrected chi connectivity index (χ4v) is 6.14. The van der Waals surface area contributed by atoms with Crippen molar-refractivity contribution in [1.29, 1.82) is 0 Å². The van der Waals surface area contributed by atoms with Crippen molar-refractivity contribution >= 4 is 16.7 Å². The highest BCUT2D eigenvalue weighted by Crippen LogP contribution is 2.50. The van der Waals surface area contributed by atoms with Crippen LogP contribution in [-0.4, -0.2) is 115 Å². The number of rotatable bonds is 9. The van der Waals surface area contributed by atoms with Gasteiger partial charge >= 0.3 is 5.97 Å². The smallest absolute Gasteiger partial charge is 0.339 e. The van der Waals surface area contributed by atoms with E-state index in [1.807, 2.05) is 0 Å². The summed E-state index contributed by atoms with van der Waals surface area (Å²) in [5.41, 5.74) is -2.31. The van der Waals surface area contributed by atoms with E-state index in [1.54, 1.807) is 30.3 Å². The molecule has 2 fully saturated rings. The fraction of sp³-hybridized carbons (Fsp3) is 0.452. The molecule has 0 radical (unpaired) electrons. The van der Waals surface area contributed by atoms with Crippen molar-refractivity contribution < 1.29 is 73.0 Å². The third-order valence-electron chi connectivity index (χ3n) is 8.72. The van der Waals surface area contributed by atoms with E-state index in [4.69, 9.17) is 42.6 Å². The average Bonchev–Trinajstić information content (AvgIpc) is 3.84. The molecule has 0 spiro atoms. The number of benzene rings is 3. The van der Waals surface area contributed by atoms with Crippen molar-refractivity contribution in [2.24, 2.45) is 0 Å². The van der Waals surface area contributed by atoms with Gasteiger partial charge in [-0.1, -0.05) is 6.07 Å². The summed E-state index contributed by atoms with van der Waals surface area (Å²) >= 11 is 0. The predicted octanol–water partition coefficient (Wildman–Crippen LogP) is 0.207. The van der Waals surface area contributed by atoms with Crippen molar-refractivity contribution in [2.75, 3.05) is 47.4 Å². The molecule has 0 unspecified atom stereocenters. The second-order valence-electron chi connectivity index (χ2n) is 11.5. The van der Waals surface area contributed by atoms with Crippen molar-refractivity contribution in [3.63, 3.8) is 0 Å². The van der Waals surface area contributed by atoms with Gasteiger partial charge in [0.2, 0.25) is 13.1 Å². The van der Waals surface area contributed by atoms with Gasteiger partial charge in [-0.25, -0.2) is 4.79 Å². The summed E-state index contributed by atoms with van der Waals surface area (Å²) in [4.78, 5) is 13.4. The number of esters is 1. The maximum absolute atomic E-state index is 13.4. The molecule has 3 aromatic rings. The Balaban J connectivity index is 1.37. The van der Waals surface area contributed by atoms with Gasteiger partial charge in [0.25, 0.3) is 0 Å². The molecule has 4 heterocycles. The Hall–Kier alpha value is -3.93. The van der Waals surface area contributed by atoms with Crippen molar-refractivity contribution in [2.45, 2.75) is 42.6 Å². The summed E-state index contributed by atoms with van der Waals surface area (Å²) < 4.78 is 51.2. The van der Waals surface area contributed by atoms with Crippen LogP contribution in [0.4, 0.5) is 0 Å². The highest BCUT2D eigenvalue weighted by atomic mass is 16.8. The number of hydrogen-bond acceptors (Lipinski definition) is 15. The fourth-order valence-electron chi connectivity index (χ4n) is 6.14. The van der Waals surface area contributed by atoms with Crippen LogP contribution < -0.4 is 23.7 Å². The molecule has 15 heteroatoms. The number of cyclic esters (lactones) is 1.